The number of amides is 4. The van der Waals surface area contributed by atoms with Crippen molar-refractivity contribution in [3.63, 3.8) is 0 Å². The number of carbonyl (C=O) groups is 4. The smallest absolute Gasteiger partial charge is 0.294 e. The SMILES string of the molecule is CCCc1cccc(C(C)C)c1N1C(=O)c2cc(Oc3ccccc3)c3c4c(Oc5ccccc5)cc5c6c(cc(Oc7ccc(C)cc7)c(c7c(Oc8ccc(S(=O)(=O)O)cc8)cc(c2c37)C1=O)c64)C(=O)N(CCCO)C5=O. The van der Waals surface area contributed by atoms with Gasteiger partial charge in [0.25, 0.3) is 33.7 Å². The van der Waals surface area contributed by atoms with Crippen LogP contribution in [0.2, 0.25) is 0 Å². The second-order valence-electron chi connectivity index (χ2n) is 20.0. The molecular weight excluding hydrogens is 1020 g/mol. The van der Waals surface area contributed by atoms with Crippen LogP contribution < -0.4 is 23.8 Å². The van der Waals surface area contributed by atoms with Gasteiger partial charge >= 0.3 is 0 Å². The quantitative estimate of drug-likeness (QED) is 0.0404. The zero-order valence-electron chi connectivity index (χ0n) is 43.3. The predicted molar refractivity (Wildman–Crippen MR) is 301 cm³/mol. The normalized spacial score (nSPS) is 13.5. The van der Waals surface area contributed by atoms with Crippen molar-refractivity contribution >= 4 is 82.5 Å². The van der Waals surface area contributed by atoms with Crippen LogP contribution in [-0.4, -0.2) is 59.8 Å². The van der Waals surface area contributed by atoms with Crippen molar-refractivity contribution in [2.45, 2.75) is 57.8 Å². The number of aryl methyl sites for hydroxylation is 2. The summed E-state index contributed by atoms with van der Waals surface area (Å²) in [4.78, 5) is 64.0. The first-order valence-corrected chi connectivity index (χ1v) is 27.4. The van der Waals surface area contributed by atoms with Crippen LogP contribution in [0.4, 0.5) is 5.69 Å². The molecular formula is C64H50N2O12S. The fourth-order valence-corrected chi connectivity index (χ4v) is 11.6. The lowest BCUT2D eigenvalue weighted by molar-refractivity contribution is 0.0600. The van der Waals surface area contributed by atoms with E-state index in [4.69, 9.17) is 18.9 Å². The number of benzene rings is 10. The molecule has 0 saturated carbocycles. The number of aliphatic hydroxyl groups excluding tert-OH is 1. The van der Waals surface area contributed by atoms with Crippen LogP contribution in [0, 0.1) is 6.92 Å². The second kappa shape index (κ2) is 19.7. The Labute approximate surface area is 454 Å². The molecule has 0 spiro atoms. The molecule has 0 saturated heterocycles. The molecule has 0 atom stereocenters. The van der Waals surface area contributed by atoms with Crippen LogP contribution in [-0.2, 0) is 16.5 Å². The summed E-state index contributed by atoms with van der Waals surface area (Å²) in [5.41, 5.74) is 3.42. The summed E-state index contributed by atoms with van der Waals surface area (Å²) < 4.78 is 62.6. The second-order valence-corrected chi connectivity index (χ2v) is 21.4. The van der Waals surface area contributed by atoms with E-state index in [1.54, 1.807) is 84.9 Å². The number of carbonyl (C=O) groups excluding carboxylic acids is 4. The van der Waals surface area contributed by atoms with Gasteiger partial charge in [0, 0.05) is 56.2 Å². The van der Waals surface area contributed by atoms with Crippen molar-refractivity contribution in [2.24, 2.45) is 0 Å². The van der Waals surface area contributed by atoms with Gasteiger partial charge in [0.05, 0.1) is 32.8 Å². The monoisotopic (exact) mass is 1070 g/mol. The molecule has 10 aromatic carbocycles. The standard InChI is InChI=1S/C64H50N2O12S/c1-5-14-37-15-12-20-43(35(2)3)60(37)66-63(70)46-33-50(76-39-18-10-7-11-19-39)56-54-48(75-38-16-8-6-9-17-38)31-44-52-45(62(69)65(61(44)68)29-13-30-67)32-49(77-40-23-21-36(4)22-24-40)55(58(52)54)57-51(34-47(64(66)71)53(46)59(56)57)78-41-25-27-42(28-26-41)79(72,73)74/h6-12,15-28,31-35,67H,5,13-14,29-30H2,1-4H3,(H,72,73,74). The first-order chi connectivity index (χ1) is 38.1. The fraction of sp³-hybridized carbons (Fsp3) is 0.156. The van der Waals surface area contributed by atoms with E-state index in [1.807, 2.05) is 70.2 Å². The molecule has 0 unspecified atom stereocenters. The van der Waals surface area contributed by atoms with Crippen LogP contribution in [0.15, 0.2) is 157 Å². The topological polar surface area (TPSA) is 186 Å². The van der Waals surface area contributed by atoms with E-state index in [9.17, 15) is 18.1 Å². The van der Waals surface area contributed by atoms with Crippen LogP contribution in [0.5, 0.6) is 46.0 Å². The maximum atomic E-state index is 16.0. The molecule has 10 aromatic rings. The van der Waals surface area contributed by atoms with Crippen molar-refractivity contribution in [1.82, 2.24) is 4.90 Å². The summed E-state index contributed by atoms with van der Waals surface area (Å²) >= 11 is 0. The largest absolute Gasteiger partial charge is 0.457 e. The molecule has 12 rings (SSSR count). The molecule has 0 aliphatic carbocycles. The molecule has 394 valence electrons. The molecule has 4 amide bonds. The maximum Gasteiger partial charge on any atom is 0.294 e. The number of para-hydroxylation sites is 3. The Bertz CT molecular complexity index is 4280. The van der Waals surface area contributed by atoms with Gasteiger partial charge in [-0.2, -0.15) is 8.42 Å². The maximum absolute atomic E-state index is 16.0. The fourth-order valence-electron chi connectivity index (χ4n) is 11.1. The van der Waals surface area contributed by atoms with E-state index in [0.717, 1.165) is 28.0 Å². The van der Waals surface area contributed by atoms with Crippen LogP contribution in [0.25, 0.3) is 43.1 Å². The molecule has 0 aromatic heterocycles. The highest BCUT2D eigenvalue weighted by atomic mass is 32.2. The molecule has 2 aliphatic heterocycles. The van der Waals surface area contributed by atoms with Crippen LogP contribution in [0.1, 0.15) is 97.7 Å². The molecule has 0 fully saturated rings. The average Bonchev–Trinajstić information content (AvgIpc) is 1.70. The Morgan fingerprint density at radius 1 is 0.506 bits per heavy atom. The van der Waals surface area contributed by atoms with E-state index < -0.39 is 38.6 Å². The Morgan fingerprint density at radius 3 is 1.33 bits per heavy atom. The van der Waals surface area contributed by atoms with Gasteiger partial charge in [-0.1, -0.05) is 99.5 Å². The Balaban J connectivity index is 1.31. The number of anilines is 1. The van der Waals surface area contributed by atoms with E-state index in [2.05, 4.69) is 0 Å². The lowest BCUT2D eigenvalue weighted by Crippen LogP contribution is -2.42. The van der Waals surface area contributed by atoms with Crippen molar-refractivity contribution in [3.05, 3.63) is 191 Å². The van der Waals surface area contributed by atoms with Crippen molar-refractivity contribution in [3.8, 4) is 46.0 Å². The van der Waals surface area contributed by atoms with Gasteiger partial charge in [-0.25, -0.2) is 4.90 Å². The minimum Gasteiger partial charge on any atom is -0.457 e. The number of hydrogen-bond donors (Lipinski definition) is 2. The van der Waals surface area contributed by atoms with Gasteiger partial charge in [0.2, 0.25) is 0 Å². The molecule has 0 radical (unpaired) electrons. The summed E-state index contributed by atoms with van der Waals surface area (Å²) in [6.07, 6.45) is 1.39. The summed E-state index contributed by atoms with van der Waals surface area (Å²) in [5, 5.41) is 12.3. The van der Waals surface area contributed by atoms with Gasteiger partial charge in [0.15, 0.2) is 0 Å². The lowest BCUT2D eigenvalue weighted by atomic mass is 9.80. The van der Waals surface area contributed by atoms with Crippen molar-refractivity contribution < 1.29 is 56.2 Å². The zero-order chi connectivity index (χ0) is 55.0. The molecule has 2 heterocycles. The third kappa shape index (κ3) is 8.54. The third-order valence-corrected chi connectivity index (χ3v) is 15.4. The molecule has 14 nitrogen and oxygen atoms in total. The first kappa shape index (κ1) is 50.7. The molecule has 2 N–H and O–H groups in total. The van der Waals surface area contributed by atoms with Gasteiger partial charge in [0.1, 0.15) is 46.0 Å². The van der Waals surface area contributed by atoms with E-state index in [0.29, 0.717) is 56.3 Å². The van der Waals surface area contributed by atoms with Crippen LogP contribution >= 0.6 is 0 Å². The van der Waals surface area contributed by atoms with E-state index in [-0.39, 0.29) is 92.7 Å². The van der Waals surface area contributed by atoms with Crippen molar-refractivity contribution in [1.29, 1.82) is 0 Å². The van der Waals surface area contributed by atoms with E-state index >= 15 is 19.2 Å². The molecule has 79 heavy (non-hydrogen) atoms. The zero-order valence-corrected chi connectivity index (χ0v) is 44.1. The van der Waals surface area contributed by atoms with Gasteiger partial charge in [-0.05, 0) is 122 Å². The van der Waals surface area contributed by atoms with E-state index in [1.165, 1.54) is 29.2 Å². The Hall–Kier alpha value is -9.15. The number of fused-ring (bicyclic) bond motifs is 2. The highest BCUT2D eigenvalue weighted by Crippen LogP contribution is 2.58. The Morgan fingerprint density at radius 2 is 0.924 bits per heavy atom. The van der Waals surface area contributed by atoms with Crippen molar-refractivity contribution in [2.75, 3.05) is 18.1 Å². The van der Waals surface area contributed by atoms with Gasteiger partial charge in [-0.15, -0.1) is 0 Å². The van der Waals surface area contributed by atoms with Crippen LogP contribution in [0.3, 0.4) is 0 Å². The third-order valence-electron chi connectivity index (χ3n) is 14.6. The molecule has 2 aliphatic rings. The first-order valence-electron chi connectivity index (χ1n) is 25.9. The van der Waals surface area contributed by atoms with Gasteiger partial charge < -0.3 is 24.1 Å². The number of rotatable bonds is 16. The lowest BCUT2D eigenvalue weighted by Gasteiger charge is -2.34. The number of ether oxygens (including phenoxy) is 4. The average molecular weight is 1070 g/mol. The number of aliphatic hydroxyl groups is 1. The summed E-state index contributed by atoms with van der Waals surface area (Å²) in [7, 11) is -4.63. The highest BCUT2D eigenvalue weighted by Gasteiger charge is 2.43. The van der Waals surface area contributed by atoms with Gasteiger partial charge in [-0.3, -0.25) is 28.6 Å². The number of imide groups is 2. The highest BCUT2D eigenvalue weighted by molar-refractivity contribution is 7.85. The number of hydrogen-bond acceptors (Lipinski definition) is 11. The predicted octanol–water partition coefficient (Wildman–Crippen LogP) is 14.3. The molecule has 0 bridgehead atoms. The summed E-state index contributed by atoms with van der Waals surface area (Å²) in [6.45, 7) is 7.58. The Kier molecular flexibility index (Phi) is 12.6. The summed E-state index contributed by atoms with van der Waals surface area (Å²) in [6, 6.07) is 42.4. The number of nitrogens with zero attached hydrogens (tertiary/aromatic N) is 2. The minimum atomic E-state index is -4.63. The summed E-state index contributed by atoms with van der Waals surface area (Å²) in [5.74, 6) is -0.954. The molecule has 15 heteroatoms. The minimum absolute atomic E-state index is 0.0309.